The van der Waals surface area contributed by atoms with Gasteiger partial charge in [0, 0.05) is 18.2 Å². The minimum absolute atomic E-state index is 0.243. The van der Waals surface area contributed by atoms with Gasteiger partial charge in [0.1, 0.15) is 5.76 Å². The van der Waals surface area contributed by atoms with Crippen molar-refractivity contribution in [1.29, 1.82) is 0 Å². The molecule has 1 N–H and O–H groups in total. The van der Waals surface area contributed by atoms with E-state index < -0.39 is 0 Å². The number of aromatic nitrogens is 1. The topological polar surface area (TPSA) is 38.1 Å². The summed E-state index contributed by atoms with van der Waals surface area (Å²) in [5.74, 6) is 0.901. The molecule has 3 nitrogen and oxygen atoms in total. The van der Waals surface area contributed by atoms with E-state index in [9.17, 15) is 0 Å². The molecule has 3 heteroatoms. The van der Waals surface area contributed by atoms with Crippen molar-refractivity contribution in [2.24, 2.45) is 0 Å². The summed E-state index contributed by atoms with van der Waals surface area (Å²) in [6.07, 6.45) is 0. The molecular weight excluding hydrogens is 236 g/mol. The quantitative estimate of drug-likeness (QED) is 0.907. The lowest BCUT2D eigenvalue weighted by Gasteiger charge is -2.14. The molecule has 0 amide bonds. The van der Waals surface area contributed by atoms with Gasteiger partial charge in [-0.25, -0.2) is 0 Å². The molecular formula is C16H22N2O. The highest BCUT2D eigenvalue weighted by Crippen LogP contribution is 2.21. The Morgan fingerprint density at radius 1 is 1.16 bits per heavy atom. The second kappa shape index (κ2) is 5.57. The molecule has 0 spiro atoms. The Kier molecular flexibility index (Phi) is 4.05. The van der Waals surface area contributed by atoms with Crippen molar-refractivity contribution in [2.45, 2.75) is 47.2 Å². The molecule has 0 aliphatic carbocycles. The van der Waals surface area contributed by atoms with E-state index in [4.69, 9.17) is 4.52 Å². The van der Waals surface area contributed by atoms with Crippen LogP contribution in [-0.2, 0) is 6.54 Å². The summed E-state index contributed by atoms with van der Waals surface area (Å²) in [4.78, 5) is 0. The number of nitrogens with one attached hydrogen (secondary N) is 1. The molecule has 1 aromatic carbocycles. The molecule has 1 atom stereocenters. The summed E-state index contributed by atoms with van der Waals surface area (Å²) < 4.78 is 5.21. The van der Waals surface area contributed by atoms with Crippen molar-refractivity contribution in [3.05, 3.63) is 51.9 Å². The normalized spacial score (nSPS) is 12.7. The van der Waals surface area contributed by atoms with Gasteiger partial charge < -0.3 is 9.84 Å². The minimum atomic E-state index is 0.243. The van der Waals surface area contributed by atoms with Crippen molar-refractivity contribution < 1.29 is 4.52 Å². The van der Waals surface area contributed by atoms with E-state index in [0.717, 1.165) is 18.0 Å². The Hall–Kier alpha value is -1.61. The Labute approximate surface area is 115 Å². The van der Waals surface area contributed by atoms with Gasteiger partial charge in [0.25, 0.3) is 0 Å². The minimum Gasteiger partial charge on any atom is -0.361 e. The summed E-state index contributed by atoms with van der Waals surface area (Å²) in [5.41, 5.74) is 6.12. The number of hydrogen-bond donors (Lipinski definition) is 1. The number of nitrogens with zero attached hydrogens (tertiary/aromatic N) is 1. The van der Waals surface area contributed by atoms with Gasteiger partial charge in [-0.15, -0.1) is 0 Å². The van der Waals surface area contributed by atoms with E-state index in [1.807, 2.05) is 13.8 Å². The maximum absolute atomic E-state index is 5.21. The number of rotatable bonds is 4. The highest BCUT2D eigenvalue weighted by molar-refractivity contribution is 5.30. The molecule has 1 aromatic heterocycles. The van der Waals surface area contributed by atoms with Gasteiger partial charge >= 0.3 is 0 Å². The van der Waals surface area contributed by atoms with Gasteiger partial charge in [-0.1, -0.05) is 23.4 Å². The van der Waals surface area contributed by atoms with E-state index in [1.54, 1.807) is 0 Å². The van der Waals surface area contributed by atoms with Gasteiger partial charge in [-0.3, -0.25) is 0 Å². The molecule has 19 heavy (non-hydrogen) atoms. The Balaban J connectivity index is 2.04. The van der Waals surface area contributed by atoms with Crippen molar-refractivity contribution in [3.8, 4) is 0 Å². The Bertz CT molecular complexity index is 553. The number of benzene rings is 1. The average Bonchev–Trinajstić information content (AvgIpc) is 2.70. The monoisotopic (exact) mass is 258 g/mol. The predicted octanol–water partition coefficient (Wildman–Crippen LogP) is 3.76. The maximum atomic E-state index is 5.21. The molecule has 0 aliphatic heterocycles. The zero-order valence-corrected chi connectivity index (χ0v) is 12.4. The van der Waals surface area contributed by atoms with Crippen molar-refractivity contribution in [3.63, 3.8) is 0 Å². The summed E-state index contributed by atoms with van der Waals surface area (Å²) >= 11 is 0. The fourth-order valence-corrected chi connectivity index (χ4v) is 2.39. The molecule has 0 saturated carbocycles. The third-order valence-corrected chi connectivity index (χ3v) is 3.71. The Morgan fingerprint density at radius 2 is 1.89 bits per heavy atom. The lowest BCUT2D eigenvalue weighted by molar-refractivity contribution is 0.390. The summed E-state index contributed by atoms with van der Waals surface area (Å²) in [7, 11) is 0. The molecule has 0 aliphatic rings. The first-order valence-electron chi connectivity index (χ1n) is 6.71. The molecule has 1 heterocycles. The van der Waals surface area contributed by atoms with Crippen molar-refractivity contribution in [2.75, 3.05) is 0 Å². The predicted molar refractivity (Wildman–Crippen MR) is 77.1 cm³/mol. The molecule has 1 unspecified atom stereocenters. The number of hydrogen-bond acceptors (Lipinski definition) is 3. The van der Waals surface area contributed by atoms with Gasteiger partial charge in [-0.05, 0) is 51.3 Å². The van der Waals surface area contributed by atoms with E-state index in [1.165, 1.54) is 22.3 Å². The Morgan fingerprint density at radius 3 is 2.47 bits per heavy atom. The number of aryl methyl sites for hydroxylation is 4. The van der Waals surface area contributed by atoms with E-state index in [0.29, 0.717) is 0 Å². The summed E-state index contributed by atoms with van der Waals surface area (Å²) in [5, 5.41) is 7.53. The van der Waals surface area contributed by atoms with Crippen LogP contribution >= 0.6 is 0 Å². The van der Waals surface area contributed by atoms with Crippen LogP contribution < -0.4 is 5.32 Å². The first-order valence-corrected chi connectivity index (χ1v) is 6.71. The molecule has 2 aromatic rings. The summed E-state index contributed by atoms with van der Waals surface area (Å²) in [6.45, 7) is 11.2. The summed E-state index contributed by atoms with van der Waals surface area (Å²) in [6, 6.07) is 6.83. The highest BCUT2D eigenvalue weighted by Gasteiger charge is 2.15. The fraction of sp³-hybridized carbons (Fsp3) is 0.438. The molecule has 2 rings (SSSR count). The second-order valence-electron chi connectivity index (χ2n) is 5.26. The van der Waals surface area contributed by atoms with Gasteiger partial charge in [-0.2, -0.15) is 0 Å². The van der Waals surface area contributed by atoms with Crippen LogP contribution in [0.3, 0.4) is 0 Å². The smallest absolute Gasteiger partial charge is 0.138 e. The SMILES string of the molecule is Cc1ccc(CNC(C)c2c(C)noc2C)cc1C. The largest absolute Gasteiger partial charge is 0.361 e. The molecule has 0 fully saturated rings. The molecule has 0 saturated heterocycles. The van der Waals surface area contributed by atoms with Crippen LogP contribution in [0.4, 0.5) is 0 Å². The average molecular weight is 258 g/mol. The van der Waals surface area contributed by atoms with Crippen molar-refractivity contribution in [1.82, 2.24) is 10.5 Å². The van der Waals surface area contributed by atoms with E-state index in [-0.39, 0.29) is 6.04 Å². The standard InChI is InChI=1S/C16H22N2O/c1-10-6-7-15(8-11(10)2)9-17-12(3)16-13(4)18-19-14(16)5/h6-8,12,17H,9H2,1-5H3. The third-order valence-electron chi connectivity index (χ3n) is 3.71. The molecule has 0 radical (unpaired) electrons. The third kappa shape index (κ3) is 3.04. The van der Waals surface area contributed by atoms with Gasteiger partial charge in [0.15, 0.2) is 0 Å². The van der Waals surface area contributed by atoms with Crippen LogP contribution in [-0.4, -0.2) is 5.16 Å². The second-order valence-corrected chi connectivity index (χ2v) is 5.26. The van der Waals surface area contributed by atoms with Crippen LogP contribution in [0.15, 0.2) is 22.7 Å². The van der Waals surface area contributed by atoms with Crippen LogP contribution in [0.1, 0.15) is 46.7 Å². The first kappa shape index (κ1) is 13.8. The lowest BCUT2D eigenvalue weighted by atomic mass is 10.0. The van der Waals surface area contributed by atoms with Crippen LogP contribution in [0, 0.1) is 27.7 Å². The fourth-order valence-electron chi connectivity index (χ4n) is 2.39. The van der Waals surface area contributed by atoms with Crippen LogP contribution in [0.25, 0.3) is 0 Å². The zero-order valence-electron chi connectivity index (χ0n) is 12.4. The zero-order chi connectivity index (χ0) is 14.0. The maximum Gasteiger partial charge on any atom is 0.138 e. The van der Waals surface area contributed by atoms with Gasteiger partial charge in [0.2, 0.25) is 0 Å². The first-order chi connectivity index (χ1) is 8.99. The van der Waals surface area contributed by atoms with Gasteiger partial charge in [0.05, 0.1) is 5.69 Å². The molecule has 102 valence electrons. The van der Waals surface area contributed by atoms with Crippen LogP contribution in [0.2, 0.25) is 0 Å². The molecule has 0 bridgehead atoms. The van der Waals surface area contributed by atoms with E-state index >= 15 is 0 Å². The van der Waals surface area contributed by atoms with E-state index in [2.05, 4.69) is 49.4 Å². The highest BCUT2D eigenvalue weighted by atomic mass is 16.5. The van der Waals surface area contributed by atoms with Crippen molar-refractivity contribution >= 4 is 0 Å². The van der Waals surface area contributed by atoms with Crippen LogP contribution in [0.5, 0.6) is 0 Å². The lowest BCUT2D eigenvalue weighted by Crippen LogP contribution is -2.19.